The quantitative estimate of drug-likeness (QED) is 0.355. The summed E-state index contributed by atoms with van der Waals surface area (Å²) in [6, 6.07) is 5.19. The maximum absolute atomic E-state index is 10.6. The van der Waals surface area contributed by atoms with E-state index in [4.69, 9.17) is 11.6 Å². The fourth-order valence-corrected chi connectivity index (χ4v) is 1.47. The zero-order valence-corrected chi connectivity index (χ0v) is 9.84. The number of tetrazole rings is 1. The van der Waals surface area contributed by atoms with Crippen molar-refractivity contribution < 1.29 is 9.85 Å². The summed E-state index contributed by atoms with van der Waals surface area (Å²) in [5.41, 5.74) is -1.39. The molecule has 10 nitrogen and oxygen atoms in total. The number of benzene rings is 1. The molecule has 0 saturated heterocycles. The molecule has 0 radical (unpaired) electrons. The smallest absolute Gasteiger partial charge is 0.262 e. The average Bonchev–Trinajstić information content (AvgIpc) is 2.86. The number of rotatable bonds is 4. The molecule has 0 spiro atoms. The first-order valence-electron chi connectivity index (χ1n) is 4.81. The summed E-state index contributed by atoms with van der Waals surface area (Å²) in [5, 5.41) is 31.4. The number of nitro benzene ring substituents is 1. The Morgan fingerprint density at radius 3 is 2.37 bits per heavy atom. The molecule has 1 heterocycles. The summed E-state index contributed by atoms with van der Waals surface area (Å²) in [4.78, 5) is 19.8. The van der Waals surface area contributed by atoms with Gasteiger partial charge in [-0.2, -0.15) is 4.68 Å². The molecule has 1 unspecified atom stereocenters. The van der Waals surface area contributed by atoms with Gasteiger partial charge in [0.1, 0.15) is 0 Å². The Bertz CT molecular complexity index is 626. The van der Waals surface area contributed by atoms with Crippen LogP contribution in [0, 0.1) is 20.2 Å². The Kier molecular flexibility index (Phi) is 3.33. The number of halogens is 1. The minimum Gasteiger partial charge on any atom is -0.262 e. The van der Waals surface area contributed by atoms with Crippen LogP contribution in [-0.4, -0.2) is 30.1 Å². The molecule has 0 aliphatic carbocycles. The Hall–Kier alpha value is -2.62. The zero-order valence-electron chi connectivity index (χ0n) is 9.08. The SMILES string of the molecule is O=[N+]([O-])c1ccc(-n2nnnc2C(Cl)[N+](=O)[O-])cc1. The molecule has 1 atom stereocenters. The lowest BCUT2D eigenvalue weighted by molar-refractivity contribution is -0.505. The number of nitro groups is 2. The van der Waals surface area contributed by atoms with Crippen LogP contribution in [0.5, 0.6) is 0 Å². The largest absolute Gasteiger partial charge is 0.347 e. The first-order chi connectivity index (χ1) is 9.00. The summed E-state index contributed by atoms with van der Waals surface area (Å²) in [6.45, 7) is 0. The monoisotopic (exact) mass is 284 g/mol. The molecule has 19 heavy (non-hydrogen) atoms. The highest BCUT2D eigenvalue weighted by Crippen LogP contribution is 2.21. The van der Waals surface area contributed by atoms with Crippen molar-refractivity contribution in [3.05, 3.63) is 50.3 Å². The van der Waals surface area contributed by atoms with E-state index < -0.39 is 15.3 Å². The maximum atomic E-state index is 10.6. The summed E-state index contributed by atoms with van der Waals surface area (Å²) >= 11 is 5.55. The van der Waals surface area contributed by atoms with Crippen molar-refractivity contribution in [3.8, 4) is 5.69 Å². The lowest BCUT2D eigenvalue weighted by Crippen LogP contribution is -2.11. The van der Waals surface area contributed by atoms with Crippen molar-refractivity contribution in [2.45, 2.75) is 5.50 Å². The molecule has 0 bridgehead atoms. The van der Waals surface area contributed by atoms with Crippen LogP contribution in [0.4, 0.5) is 5.69 Å². The lowest BCUT2D eigenvalue weighted by atomic mass is 10.3. The standard InChI is InChI=1S/C8H5ClN6O4/c9-7(15(18)19)8-10-11-12-13(8)5-1-3-6(4-2-5)14(16)17/h1-4,7H. The molecule has 0 aliphatic rings. The second kappa shape index (κ2) is 4.94. The van der Waals surface area contributed by atoms with Gasteiger partial charge in [-0.05, 0) is 34.2 Å². The molecule has 1 aromatic heterocycles. The first-order valence-corrected chi connectivity index (χ1v) is 5.25. The Morgan fingerprint density at radius 2 is 1.84 bits per heavy atom. The molecule has 0 amide bonds. The summed E-state index contributed by atoms with van der Waals surface area (Å²) in [6.07, 6.45) is 0. The van der Waals surface area contributed by atoms with Crippen molar-refractivity contribution in [2.75, 3.05) is 0 Å². The van der Waals surface area contributed by atoms with Gasteiger partial charge < -0.3 is 0 Å². The van der Waals surface area contributed by atoms with Gasteiger partial charge in [0.05, 0.1) is 10.6 Å². The second-order valence-electron chi connectivity index (χ2n) is 3.34. The maximum Gasteiger partial charge on any atom is 0.347 e. The third-order valence-corrected chi connectivity index (χ3v) is 2.55. The van der Waals surface area contributed by atoms with Gasteiger partial charge >= 0.3 is 5.50 Å². The summed E-state index contributed by atoms with van der Waals surface area (Å²) < 4.78 is 1.05. The van der Waals surface area contributed by atoms with Crippen molar-refractivity contribution in [3.63, 3.8) is 0 Å². The van der Waals surface area contributed by atoms with Crippen LogP contribution in [0.2, 0.25) is 0 Å². The topological polar surface area (TPSA) is 130 Å². The van der Waals surface area contributed by atoms with Gasteiger partial charge in [0.2, 0.25) is 5.82 Å². The van der Waals surface area contributed by atoms with Crippen LogP contribution in [0.25, 0.3) is 5.69 Å². The molecule has 0 saturated carbocycles. The fraction of sp³-hybridized carbons (Fsp3) is 0.125. The van der Waals surface area contributed by atoms with E-state index in [2.05, 4.69) is 15.5 Å². The van der Waals surface area contributed by atoms with Gasteiger partial charge in [0.15, 0.2) is 0 Å². The molecule has 2 aromatic rings. The van der Waals surface area contributed by atoms with Crippen LogP contribution < -0.4 is 0 Å². The number of aromatic nitrogens is 4. The van der Waals surface area contributed by atoms with Crippen LogP contribution >= 0.6 is 11.6 Å². The number of hydrogen-bond acceptors (Lipinski definition) is 7. The van der Waals surface area contributed by atoms with E-state index in [1.807, 2.05) is 0 Å². The predicted octanol–water partition coefficient (Wildman–Crippen LogP) is 1.08. The van der Waals surface area contributed by atoms with Gasteiger partial charge in [0, 0.05) is 17.1 Å². The van der Waals surface area contributed by atoms with E-state index in [1.54, 1.807) is 0 Å². The molecule has 0 N–H and O–H groups in total. The Balaban J connectivity index is 2.40. The molecule has 2 rings (SSSR count). The molecule has 98 valence electrons. The third kappa shape index (κ3) is 2.47. The minimum atomic E-state index is -1.61. The Morgan fingerprint density at radius 1 is 1.21 bits per heavy atom. The Labute approximate surface area is 109 Å². The van der Waals surface area contributed by atoms with Crippen LogP contribution in [0.3, 0.4) is 0 Å². The zero-order chi connectivity index (χ0) is 14.0. The van der Waals surface area contributed by atoms with Crippen molar-refractivity contribution in [2.24, 2.45) is 0 Å². The molecular formula is C8H5ClN6O4. The third-order valence-electron chi connectivity index (χ3n) is 2.20. The van der Waals surface area contributed by atoms with Gasteiger partial charge in [0.25, 0.3) is 5.69 Å². The van der Waals surface area contributed by atoms with Gasteiger partial charge in [-0.3, -0.25) is 20.2 Å². The van der Waals surface area contributed by atoms with Crippen molar-refractivity contribution in [1.29, 1.82) is 0 Å². The highest BCUT2D eigenvalue weighted by Gasteiger charge is 2.27. The van der Waals surface area contributed by atoms with E-state index in [0.717, 1.165) is 4.68 Å². The highest BCUT2D eigenvalue weighted by molar-refractivity contribution is 6.19. The predicted molar refractivity (Wildman–Crippen MR) is 61.4 cm³/mol. The number of hydrogen-bond donors (Lipinski definition) is 0. The van der Waals surface area contributed by atoms with E-state index in [9.17, 15) is 20.2 Å². The normalized spacial score (nSPS) is 12.1. The second-order valence-corrected chi connectivity index (χ2v) is 3.76. The van der Waals surface area contributed by atoms with E-state index >= 15 is 0 Å². The van der Waals surface area contributed by atoms with Gasteiger partial charge in [-0.15, -0.1) is 5.10 Å². The van der Waals surface area contributed by atoms with E-state index in [0.29, 0.717) is 5.69 Å². The minimum absolute atomic E-state index is 0.116. The number of non-ortho nitro benzene ring substituents is 1. The summed E-state index contributed by atoms with van der Waals surface area (Å²) in [5.74, 6) is -0.180. The van der Waals surface area contributed by atoms with E-state index in [1.165, 1.54) is 24.3 Å². The highest BCUT2D eigenvalue weighted by atomic mass is 35.5. The summed E-state index contributed by atoms with van der Waals surface area (Å²) in [7, 11) is 0. The molecule has 1 aromatic carbocycles. The fourth-order valence-electron chi connectivity index (χ4n) is 1.34. The van der Waals surface area contributed by atoms with Crippen LogP contribution in [0.1, 0.15) is 11.3 Å². The molecule has 0 aliphatic heterocycles. The van der Waals surface area contributed by atoms with E-state index in [-0.39, 0.29) is 11.5 Å². The number of nitrogens with zero attached hydrogens (tertiary/aromatic N) is 6. The van der Waals surface area contributed by atoms with Crippen molar-refractivity contribution in [1.82, 2.24) is 20.2 Å². The lowest BCUT2D eigenvalue weighted by Gasteiger charge is -2.03. The van der Waals surface area contributed by atoms with Crippen molar-refractivity contribution >= 4 is 17.3 Å². The first kappa shape index (κ1) is 12.8. The number of alkyl halides is 1. The van der Waals surface area contributed by atoms with Gasteiger partial charge in [-0.25, -0.2) is 0 Å². The molecule has 0 fully saturated rings. The van der Waals surface area contributed by atoms with Crippen LogP contribution in [-0.2, 0) is 0 Å². The average molecular weight is 285 g/mol. The van der Waals surface area contributed by atoms with Gasteiger partial charge in [-0.1, -0.05) is 0 Å². The molecule has 11 heteroatoms. The molecular weight excluding hydrogens is 280 g/mol. The van der Waals surface area contributed by atoms with Crippen LogP contribution in [0.15, 0.2) is 24.3 Å².